The predicted octanol–water partition coefficient (Wildman–Crippen LogP) is 5.09. The lowest BCUT2D eigenvalue weighted by atomic mass is 9.72. The summed E-state index contributed by atoms with van der Waals surface area (Å²) in [4.78, 5) is 41.4. The molecule has 6 nitrogen and oxygen atoms in total. The maximum atomic E-state index is 13.3. The highest BCUT2D eigenvalue weighted by Crippen LogP contribution is 2.43. The molecule has 1 unspecified atom stereocenters. The fourth-order valence-electron chi connectivity index (χ4n) is 3.96. The summed E-state index contributed by atoms with van der Waals surface area (Å²) in [6.45, 7) is 7.83. The molecule has 0 N–H and O–H groups in total. The Kier molecular flexibility index (Phi) is 9.11. The normalized spacial score (nSPS) is 18.7. The van der Waals surface area contributed by atoms with E-state index in [2.05, 4.69) is 0 Å². The van der Waals surface area contributed by atoms with E-state index in [4.69, 9.17) is 21.1 Å². The molecule has 0 bridgehead atoms. The summed E-state index contributed by atoms with van der Waals surface area (Å²) < 4.78 is 10.7. The summed E-state index contributed by atoms with van der Waals surface area (Å²) in [5, 5.41) is 0.575. The molecule has 31 heavy (non-hydrogen) atoms. The van der Waals surface area contributed by atoms with Crippen molar-refractivity contribution in [2.75, 3.05) is 24.7 Å². The molecule has 1 heterocycles. The number of rotatable bonds is 10. The van der Waals surface area contributed by atoms with Crippen LogP contribution in [0.2, 0.25) is 5.02 Å². The molecular formula is C24H32ClNO5. The van der Waals surface area contributed by atoms with Crippen LogP contribution in [-0.2, 0) is 23.9 Å². The molecular weight excluding hydrogens is 418 g/mol. The number of ether oxygens (including phenoxy) is 2. The van der Waals surface area contributed by atoms with E-state index >= 15 is 0 Å². The molecule has 0 aliphatic carbocycles. The number of nitrogens with zero attached hydrogens (tertiary/aromatic N) is 1. The highest BCUT2D eigenvalue weighted by molar-refractivity contribution is 6.30. The fraction of sp³-hybridized carbons (Fsp3) is 0.542. The second kappa shape index (κ2) is 11.3. The molecule has 0 amide bonds. The Labute approximate surface area is 189 Å². The van der Waals surface area contributed by atoms with Gasteiger partial charge in [-0.15, -0.1) is 0 Å². The van der Waals surface area contributed by atoms with E-state index < -0.39 is 17.4 Å². The zero-order valence-corrected chi connectivity index (χ0v) is 19.6. The van der Waals surface area contributed by atoms with Crippen molar-refractivity contribution in [3.05, 3.63) is 40.6 Å². The SMILES string of the molecule is CCCC(=O)C1(C(=O)OCC)CC(C(=O)OCC)=C(CCC)N(c2ccc(Cl)cc2)C1. The molecule has 0 aromatic heterocycles. The van der Waals surface area contributed by atoms with Crippen molar-refractivity contribution >= 4 is 35.0 Å². The van der Waals surface area contributed by atoms with Crippen molar-refractivity contribution in [1.82, 2.24) is 0 Å². The summed E-state index contributed by atoms with van der Waals surface area (Å²) >= 11 is 6.08. The van der Waals surface area contributed by atoms with Gasteiger partial charge in [0.1, 0.15) is 5.41 Å². The first kappa shape index (κ1) is 24.9. The average molecular weight is 450 g/mol. The standard InChI is InChI=1S/C24H32ClNO5/c1-5-9-20-19(22(28)30-7-3)15-24(21(27)10-6-2,23(29)31-8-4)16-26(20)18-13-11-17(25)12-14-18/h11-14H,5-10,15-16H2,1-4H3. The monoisotopic (exact) mass is 449 g/mol. The van der Waals surface area contributed by atoms with Gasteiger partial charge in [0, 0.05) is 35.8 Å². The average Bonchev–Trinajstić information content (AvgIpc) is 2.75. The van der Waals surface area contributed by atoms with Crippen molar-refractivity contribution < 1.29 is 23.9 Å². The van der Waals surface area contributed by atoms with Crippen molar-refractivity contribution in [1.29, 1.82) is 0 Å². The van der Waals surface area contributed by atoms with Crippen LogP contribution in [0.1, 0.15) is 59.8 Å². The Bertz CT molecular complexity index is 813. The minimum Gasteiger partial charge on any atom is -0.465 e. The summed E-state index contributed by atoms with van der Waals surface area (Å²) in [6.07, 6.45) is 2.21. The molecule has 1 aliphatic rings. The first-order valence-corrected chi connectivity index (χ1v) is 11.3. The third-order valence-electron chi connectivity index (χ3n) is 5.40. The number of allylic oxidation sites excluding steroid dienone is 1. The molecule has 2 rings (SSSR count). The predicted molar refractivity (Wildman–Crippen MR) is 121 cm³/mol. The topological polar surface area (TPSA) is 72.9 Å². The Morgan fingerprint density at radius 2 is 1.65 bits per heavy atom. The van der Waals surface area contributed by atoms with Crippen LogP contribution in [0.5, 0.6) is 0 Å². The van der Waals surface area contributed by atoms with Crippen molar-refractivity contribution in [2.24, 2.45) is 5.41 Å². The number of Topliss-reactive ketones (excluding diaryl/α,β-unsaturated/α-hetero) is 1. The van der Waals surface area contributed by atoms with E-state index in [1.54, 1.807) is 26.0 Å². The Morgan fingerprint density at radius 1 is 1.00 bits per heavy atom. The quantitative estimate of drug-likeness (QED) is 0.366. The molecule has 7 heteroatoms. The lowest BCUT2D eigenvalue weighted by Gasteiger charge is -2.43. The van der Waals surface area contributed by atoms with Gasteiger partial charge >= 0.3 is 11.9 Å². The van der Waals surface area contributed by atoms with E-state index in [1.807, 2.05) is 30.9 Å². The van der Waals surface area contributed by atoms with Gasteiger partial charge in [-0.25, -0.2) is 4.79 Å². The van der Waals surface area contributed by atoms with E-state index in [9.17, 15) is 14.4 Å². The van der Waals surface area contributed by atoms with Crippen LogP contribution < -0.4 is 4.90 Å². The summed E-state index contributed by atoms with van der Waals surface area (Å²) in [5.74, 6) is -1.31. The highest BCUT2D eigenvalue weighted by Gasteiger charge is 2.52. The van der Waals surface area contributed by atoms with Crippen LogP contribution in [0, 0.1) is 5.41 Å². The van der Waals surface area contributed by atoms with Gasteiger partial charge in [-0.3, -0.25) is 9.59 Å². The van der Waals surface area contributed by atoms with Gasteiger partial charge in [-0.1, -0.05) is 31.9 Å². The number of ketones is 1. The van der Waals surface area contributed by atoms with Gasteiger partial charge in [0.2, 0.25) is 0 Å². The summed E-state index contributed by atoms with van der Waals surface area (Å²) in [7, 11) is 0. The molecule has 0 saturated heterocycles. The van der Waals surface area contributed by atoms with E-state index in [1.165, 1.54) is 0 Å². The molecule has 0 spiro atoms. The van der Waals surface area contributed by atoms with Gasteiger partial charge < -0.3 is 14.4 Å². The van der Waals surface area contributed by atoms with Crippen LogP contribution in [0.4, 0.5) is 5.69 Å². The first-order valence-electron chi connectivity index (χ1n) is 11.0. The third kappa shape index (κ3) is 5.48. The number of hydrogen-bond acceptors (Lipinski definition) is 6. The molecule has 170 valence electrons. The second-order valence-electron chi connectivity index (χ2n) is 7.61. The third-order valence-corrected chi connectivity index (χ3v) is 5.66. The minimum absolute atomic E-state index is 0.0110. The van der Waals surface area contributed by atoms with Crippen LogP contribution in [-0.4, -0.2) is 37.5 Å². The second-order valence-corrected chi connectivity index (χ2v) is 8.05. The molecule has 1 aliphatic heterocycles. The maximum absolute atomic E-state index is 13.3. The van der Waals surface area contributed by atoms with Crippen LogP contribution in [0.15, 0.2) is 35.5 Å². The largest absolute Gasteiger partial charge is 0.465 e. The molecule has 1 aromatic carbocycles. The number of anilines is 1. The van der Waals surface area contributed by atoms with Gasteiger partial charge in [0.15, 0.2) is 5.78 Å². The van der Waals surface area contributed by atoms with Crippen molar-refractivity contribution in [2.45, 2.75) is 59.8 Å². The van der Waals surface area contributed by atoms with E-state index in [0.717, 1.165) is 17.8 Å². The lowest BCUT2D eigenvalue weighted by Crippen LogP contribution is -2.53. The maximum Gasteiger partial charge on any atom is 0.335 e. The Hall–Kier alpha value is -2.34. The van der Waals surface area contributed by atoms with Crippen molar-refractivity contribution in [3.63, 3.8) is 0 Å². The first-order chi connectivity index (χ1) is 14.8. The molecule has 0 saturated carbocycles. The van der Waals surface area contributed by atoms with Gasteiger partial charge in [0.25, 0.3) is 0 Å². The zero-order valence-electron chi connectivity index (χ0n) is 18.8. The van der Waals surface area contributed by atoms with Gasteiger partial charge in [0.05, 0.1) is 18.8 Å². The molecule has 1 aromatic rings. The van der Waals surface area contributed by atoms with Crippen LogP contribution in [0.25, 0.3) is 0 Å². The smallest absolute Gasteiger partial charge is 0.335 e. The Morgan fingerprint density at radius 3 is 2.19 bits per heavy atom. The number of benzene rings is 1. The summed E-state index contributed by atoms with van der Waals surface area (Å²) in [6, 6.07) is 7.15. The van der Waals surface area contributed by atoms with E-state index in [-0.39, 0.29) is 38.4 Å². The number of hydrogen-bond donors (Lipinski definition) is 0. The summed E-state index contributed by atoms with van der Waals surface area (Å²) in [5.41, 5.74) is 0.424. The van der Waals surface area contributed by atoms with Crippen LogP contribution >= 0.6 is 11.6 Å². The minimum atomic E-state index is -1.47. The fourth-order valence-corrected chi connectivity index (χ4v) is 4.09. The lowest BCUT2D eigenvalue weighted by molar-refractivity contribution is -0.160. The number of carbonyl (C=O) groups is 3. The van der Waals surface area contributed by atoms with E-state index in [0.29, 0.717) is 23.4 Å². The number of esters is 2. The Balaban J connectivity index is 2.72. The molecule has 0 radical (unpaired) electrons. The number of halogens is 1. The highest BCUT2D eigenvalue weighted by atomic mass is 35.5. The van der Waals surface area contributed by atoms with Gasteiger partial charge in [-0.05, 0) is 51.0 Å². The number of carbonyl (C=O) groups excluding carboxylic acids is 3. The van der Waals surface area contributed by atoms with Crippen molar-refractivity contribution in [3.8, 4) is 0 Å². The molecule has 1 atom stereocenters. The molecule has 0 fully saturated rings. The van der Waals surface area contributed by atoms with Gasteiger partial charge in [-0.2, -0.15) is 0 Å². The zero-order chi connectivity index (χ0) is 23.0. The van der Waals surface area contributed by atoms with Crippen LogP contribution in [0.3, 0.4) is 0 Å².